The number of nitrogens with one attached hydrogen (secondary N) is 1. The minimum absolute atomic E-state index is 0.0852. The molecule has 4 aliphatic rings. The van der Waals surface area contributed by atoms with E-state index in [1.165, 1.54) is 0 Å². The lowest BCUT2D eigenvalue weighted by molar-refractivity contribution is 0.0846. The van der Waals surface area contributed by atoms with Gasteiger partial charge in [-0.2, -0.15) is 0 Å². The number of pyridine rings is 1. The van der Waals surface area contributed by atoms with Gasteiger partial charge in [-0.1, -0.05) is 0 Å². The number of ether oxygens (including phenoxy) is 1. The zero-order chi connectivity index (χ0) is 19.6. The van der Waals surface area contributed by atoms with Crippen LogP contribution in [0.4, 0.5) is 5.82 Å². The predicted octanol–water partition coefficient (Wildman–Crippen LogP) is 1.37. The molecule has 1 unspecified atom stereocenters. The molecule has 6 rings (SSSR count). The number of aromatic nitrogens is 3. The molecular weight excluding hydrogens is 370 g/mol. The van der Waals surface area contributed by atoms with Crippen molar-refractivity contribution >= 4 is 11.7 Å². The van der Waals surface area contributed by atoms with E-state index >= 15 is 0 Å². The van der Waals surface area contributed by atoms with Crippen molar-refractivity contribution in [3.63, 3.8) is 0 Å². The van der Waals surface area contributed by atoms with E-state index in [9.17, 15) is 9.90 Å². The van der Waals surface area contributed by atoms with E-state index in [0.29, 0.717) is 23.9 Å². The second-order valence-electron chi connectivity index (χ2n) is 8.70. The maximum absolute atomic E-state index is 12.5. The lowest BCUT2D eigenvalue weighted by atomic mass is 9.97. The number of fused-ring (bicyclic) bond motifs is 2. The highest BCUT2D eigenvalue weighted by Gasteiger charge is 2.62. The van der Waals surface area contributed by atoms with Gasteiger partial charge in [-0.05, 0) is 31.6 Å². The summed E-state index contributed by atoms with van der Waals surface area (Å²) in [5.74, 6) is 1.72. The van der Waals surface area contributed by atoms with Gasteiger partial charge in [0.25, 0.3) is 5.91 Å². The van der Waals surface area contributed by atoms with Gasteiger partial charge in [0.1, 0.15) is 5.82 Å². The highest BCUT2D eigenvalue weighted by Crippen LogP contribution is 2.56. The zero-order valence-corrected chi connectivity index (χ0v) is 16.3. The summed E-state index contributed by atoms with van der Waals surface area (Å²) < 4.78 is 7.44. The average molecular weight is 395 g/mol. The molecule has 2 aromatic rings. The van der Waals surface area contributed by atoms with Gasteiger partial charge in [0.2, 0.25) is 0 Å². The Morgan fingerprint density at radius 1 is 1.31 bits per heavy atom. The Kier molecular flexibility index (Phi) is 3.77. The maximum atomic E-state index is 12.5. The van der Waals surface area contributed by atoms with E-state index in [-0.39, 0.29) is 18.1 Å². The molecule has 1 aliphatic carbocycles. The van der Waals surface area contributed by atoms with E-state index in [1.54, 1.807) is 0 Å². The largest absolute Gasteiger partial charge is 0.394 e. The molecule has 0 aromatic carbocycles. The van der Waals surface area contributed by atoms with Crippen molar-refractivity contribution in [2.24, 2.45) is 5.92 Å². The molecule has 3 aliphatic heterocycles. The second kappa shape index (κ2) is 6.27. The third-order valence-corrected chi connectivity index (χ3v) is 7.21. The summed E-state index contributed by atoms with van der Waals surface area (Å²) in [7, 11) is 0. The molecule has 2 aromatic heterocycles. The van der Waals surface area contributed by atoms with Crippen molar-refractivity contribution in [1.82, 2.24) is 19.9 Å². The maximum Gasteiger partial charge on any atom is 0.255 e. The van der Waals surface area contributed by atoms with E-state index in [4.69, 9.17) is 9.72 Å². The van der Waals surface area contributed by atoms with Crippen molar-refractivity contribution < 1.29 is 14.6 Å². The van der Waals surface area contributed by atoms with Crippen LogP contribution in [0.5, 0.6) is 0 Å². The van der Waals surface area contributed by atoms with Crippen molar-refractivity contribution in [3.05, 3.63) is 35.5 Å². The molecule has 1 amide bonds. The molecule has 1 saturated carbocycles. The van der Waals surface area contributed by atoms with Crippen LogP contribution in [-0.4, -0.2) is 57.5 Å². The number of carbonyl (C=O) groups excluding carboxylic acids is 1. The fourth-order valence-corrected chi connectivity index (χ4v) is 5.41. The Morgan fingerprint density at radius 3 is 2.97 bits per heavy atom. The molecule has 0 bridgehead atoms. The number of imidazole rings is 1. The number of aliphatic hydroxyl groups is 1. The third kappa shape index (κ3) is 2.55. The summed E-state index contributed by atoms with van der Waals surface area (Å²) in [5, 5.41) is 12.9. The Balaban J connectivity index is 1.42. The number of amides is 1. The molecule has 5 heterocycles. The topological polar surface area (TPSA) is 92.5 Å². The highest BCUT2D eigenvalue weighted by molar-refractivity contribution is 6.01. The van der Waals surface area contributed by atoms with Crippen LogP contribution < -0.4 is 10.2 Å². The number of piperidine rings is 1. The normalized spacial score (nSPS) is 28.4. The number of aliphatic hydroxyl groups excluding tert-OH is 1. The number of nitrogens with zero attached hydrogens (tertiary/aromatic N) is 4. The van der Waals surface area contributed by atoms with E-state index < -0.39 is 0 Å². The van der Waals surface area contributed by atoms with Crippen LogP contribution in [0.1, 0.15) is 53.3 Å². The zero-order valence-electron chi connectivity index (χ0n) is 16.3. The summed E-state index contributed by atoms with van der Waals surface area (Å²) in [6, 6.07) is 2.00. The quantitative estimate of drug-likeness (QED) is 0.812. The number of hydrogen-bond acceptors (Lipinski definition) is 6. The standard InChI is InChI=1S/C21H25N5O3/c27-11-21-8-14(21)1-4-26(21)18-7-17(19-15(24-18)9-22-20(19)28)25-10-16(23-12-25)13-2-5-29-6-3-13/h7,10,12-14,27H,1-6,8-9,11H2,(H,22,28)/t14?,21-/m0/s1. The fourth-order valence-electron chi connectivity index (χ4n) is 5.41. The van der Waals surface area contributed by atoms with Crippen molar-refractivity contribution in [2.45, 2.75) is 43.7 Å². The molecule has 29 heavy (non-hydrogen) atoms. The minimum atomic E-state index is -0.156. The number of hydrogen-bond donors (Lipinski definition) is 2. The molecular formula is C21H25N5O3. The van der Waals surface area contributed by atoms with Crippen LogP contribution in [0.3, 0.4) is 0 Å². The van der Waals surface area contributed by atoms with Crippen LogP contribution >= 0.6 is 0 Å². The van der Waals surface area contributed by atoms with Gasteiger partial charge in [-0.25, -0.2) is 9.97 Å². The van der Waals surface area contributed by atoms with Crippen LogP contribution in [0.2, 0.25) is 0 Å². The smallest absolute Gasteiger partial charge is 0.255 e. The third-order valence-electron chi connectivity index (χ3n) is 7.21. The van der Waals surface area contributed by atoms with Gasteiger partial charge < -0.3 is 24.6 Å². The Hall–Kier alpha value is -2.45. The van der Waals surface area contributed by atoms with Gasteiger partial charge in [-0.3, -0.25) is 4.79 Å². The van der Waals surface area contributed by atoms with Gasteiger partial charge in [0, 0.05) is 37.9 Å². The minimum Gasteiger partial charge on any atom is -0.394 e. The molecule has 152 valence electrons. The molecule has 0 spiro atoms. The van der Waals surface area contributed by atoms with Gasteiger partial charge >= 0.3 is 0 Å². The van der Waals surface area contributed by atoms with Gasteiger partial charge in [0.15, 0.2) is 0 Å². The molecule has 2 N–H and O–H groups in total. The SMILES string of the molecule is O=C1NCc2nc(N3CCC4C[C@]43CO)cc(-n3cnc(C4CCOCC4)c3)c21. The summed E-state index contributed by atoms with van der Waals surface area (Å²) in [6.07, 6.45) is 7.92. The first-order valence-corrected chi connectivity index (χ1v) is 10.5. The fraction of sp³-hybridized carbons (Fsp3) is 0.571. The first kappa shape index (κ1) is 17.4. The van der Waals surface area contributed by atoms with Crippen molar-refractivity contribution in [2.75, 3.05) is 31.3 Å². The van der Waals surface area contributed by atoms with Crippen LogP contribution in [-0.2, 0) is 11.3 Å². The van der Waals surface area contributed by atoms with E-state index in [0.717, 1.165) is 68.3 Å². The van der Waals surface area contributed by atoms with Gasteiger partial charge in [-0.15, -0.1) is 0 Å². The highest BCUT2D eigenvalue weighted by atomic mass is 16.5. The molecule has 2 atom stereocenters. The number of carbonyl (C=O) groups is 1. The molecule has 0 radical (unpaired) electrons. The molecule has 3 fully saturated rings. The Morgan fingerprint density at radius 2 is 2.17 bits per heavy atom. The van der Waals surface area contributed by atoms with Crippen LogP contribution in [0.15, 0.2) is 18.6 Å². The summed E-state index contributed by atoms with van der Waals surface area (Å²) in [6.45, 7) is 3.04. The van der Waals surface area contributed by atoms with E-state index in [2.05, 4.69) is 15.2 Å². The molecule has 8 heteroatoms. The lowest BCUT2D eigenvalue weighted by Crippen LogP contribution is -2.38. The molecule has 8 nitrogen and oxygen atoms in total. The number of rotatable bonds is 4. The Labute approximate surface area is 168 Å². The molecule has 2 saturated heterocycles. The lowest BCUT2D eigenvalue weighted by Gasteiger charge is -2.29. The van der Waals surface area contributed by atoms with Crippen LogP contribution in [0, 0.1) is 5.92 Å². The first-order valence-electron chi connectivity index (χ1n) is 10.5. The summed E-state index contributed by atoms with van der Waals surface area (Å²) in [5.41, 5.74) is 3.13. The Bertz CT molecular complexity index is 979. The van der Waals surface area contributed by atoms with Crippen molar-refractivity contribution in [1.29, 1.82) is 0 Å². The first-order chi connectivity index (χ1) is 14.2. The van der Waals surface area contributed by atoms with Crippen molar-refractivity contribution in [3.8, 4) is 5.69 Å². The summed E-state index contributed by atoms with van der Waals surface area (Å²) >= 11 is 0. The van der Waals surface area contributed by atoms with Crippen LogP contribution in [0.25, 0.3) is 5.69 Å². The second-order valence-corrected chi connectivity index (χ2v) is 8.70. The monoisotopic (exact) mass is 395 g/mol. The number of anilines is 1. The predicted molar refractivity (Wildman–Crippen MR) is 105 cm³/mol. The summed E-state index contributed by atoms with van der Waals surface area (Å²) in [4.78, 5) is 24.3. The van der Waals surface area contributed by atoms with Gasteiger partial charge in [0.05, 0.1) is 47.7 Å². The average Bonchev–Trinajstić information content (AvgIpc) is 3.12. The van der Waals surface area contributed by atoms with E-state index in [1.807, 2.05) is 23.2 Å².